The minimum Gasteiger partial charge on any atom is -0.507 e. The number of nitrogens with one attached hydrogen (secondary N) is 1. The summed E-state index contributed by atoms with van der Waals surface area (Å²) in [6.07, 6.45) is 5.23. The first-order chi connectivity index (χ1) is 9.59. The summed E-state index contributed by atoms with van der Waals surface area (Å²) in [5.74, 6) is 0.0927. The molecule has 1 aromatic heterocycles. The van der Waals surface area contributed by atoms with Gasteiger partial charge in [0.15, 0.2) is 0 Å². The van der Waals surface area contributed by atoms with Crippen LogP contribution in [0.15, 0.2) is 16.9 Å². The second-order valence-electron chi connectivity index (χ2n) is 5.33. The van der Waals surface area contributed by atoms with Crippen molar-refractivity contribution in [1.29, 1.82) is 0 Å². The average molecular weight is 312 g/mol. The molecular weight excluding hydrogens is 297 g/mol. The summed E-state index contributed by atoms with van der Waals surface area (Å²) in [5.41, 5.74) is 0.605. The van der Waals surface area contributed by atoms with E-state index in [1.807, 2.05) is 0 Å². The summed E-state index contributed by atoms with van der Waals surface area (Å²) in [4.78, 5) is 15.1. The lowest BCUT2D eigenvalue weighted by molar-refractivity contribution is 0.414. The van der Waals surface area contributed by atoms with E-state index in [-0.39, 0.29) is 17.2 Å². The van der Waals surface area contributed by atoms with Gasteiger partial charge in [-0.2, -0.15) is 0 Å². The summed E-state index contributed by atoms with van der Waals surface area (Å²) in [7, 11) is 0. The van der Waals surface area contributed by atoms with Crippen LogP contribution >= 0.6 is 23.2 Å². The van der Waals surface area contributed by atoms with Gasteiger partial charge in [-0.3, -0.25) is 4.79 Å². The maximum atomic E-state index is 12.3. The van der Waals surface area contributed by atoms with E-state index in [4.69, 9.17) is 23.2 Å². The molecule has 106 valence electrons. The molecule has 0 saturated heterocycles. The van der Waals surface area contributed by atoms with Gasteiger partial charge < -0.3 is 10.1 Å². The Balaban J connectivity index is 2.28. The van der Waals surface area contributed by atoms with E-state index in [9.17, 15) is 9.90 Å². The minimum atomic E-state index is -0.258. The lowest BCUT2D eigenvalue weighted by Gasteiger charge is -2.22. The van der Waals surface area contributed by atoms with E-state index in [2.05, 4.69) is 4.98 Å². The molecular formula is C15H15Cl2NO2. The summed E-state index contributed by atoms with van der Waals surface area (Å²) in [6.45, 7) is 0. The Hall–Kier alpha value is -1.19. The van der Waals surface area contributed by atoms with Crippen molar-refractivity contribution in [2.75, 3.05) is 0 Å². The highest BCUT2D eigenvalue weighted by Crippen LogP contribution is 2.41. The van der Waals surface area contributed by atoms with Gasteiger partial charge in [0.2, 0.25) is 0 Å². The molecule has 1 saturated carbocycles. The van der Waals surface area contributed by atoms with Crippen LogP contribution in [0.25, 0.3) is 10.9 Å². The molecule has 2 aromatic rings. The Labute approximate surface area is 126 Å². The lowest BCUT2D eigenvalue weighted by atomic mass is 9.84. The molecule has 2 N–H and O–H groups in total. The molecule has 1 heterocycles. The molecule has 1 aliphatic carbocycles. The van der Waals surface area contributed by atoms with Gasteiger partial charge >= 0.3 is 0 Å². The van der Waals surface area contributed by atoms with Crippen LogP contribution in [0.5, 0.6) is 5.75 Å². The number of benzene rings is 1. The van der Waals surface area contributed by atoms with Gasteiger partial charge in [-0.1, -0.05) is 42.5 Å². The molecule has 3 rings (SSSR count). The highest BCUT2D eigenvalue weighted by atomic mass is 35.5. The monoisotopic (exact) mass is 311 g/mol. The summed E-state index contributed by atoms with van der Waals surface area (Å²) < 4.78 is 0. The fraction of sp³-hybridized carbons (Fsp3) is 0.400. The van der Waals surface area contributed by atoms with Gasteiger partial charge in [0, 0.05) is 0 Å². The Kier molecular flexibility index (Phi) is 3.65. The zero-order valence-corrected chi connectivity index (χ0v) is 12.4. The van der Waals surface area contributed by atoms with Gasteiger partial charge in [-0.25, -0.2) is 0 Å². The molecule has 1 fully saturated rings. The molecule has 0 bridgehead atoms. The molecule has 3 nitrogen and oxygen atoms in total. The second kappa shape index (κ2) is 5.30. The molecule has 20 heavy (non-hydrogen) atoms. The summed E-state index contributed by atoms with van der Waals surface area (Å²) in [6, 6.07) is 3.25. The second-order valence-corrected chi connectivity index (χ2v) is 6.14. The van der Waals surface area contributed by atoms with Crippen molar-refractivity contribution >= 4 is 34.1 Å². The average Bonchev–Trinajstić information content (AvgIpc) is 2.44. The van der Waals surface area contributed by atoms with Gasteiger partial charge in [0.1, 0.15) is 5.75 Å². The number of hydrogen-bond acceptors (Lipinski definition) is 2. The van der Waals surface area contributed by atoms with Crippen LogP contribution in [0.2, 0.25) is 10.0 Å². The standard InChI is InChI=1S/C15H15Cl2NO2/c16-9-6-7-10(17)13-12(9)14(19)11(15(20)18-13)8-4-2-1-3-5-8/h6-8H,1-5H2,(H2,18,19,20). The largest absolute Gasteiger partial charge is 0.507 e. The van der Waals surface area contributed by atoms with E-state index < -0.39 is 0 Å². The fourth-order valence-electron chi connectivity index (χ4n) is 3.10. The number of halogens is 2. The van der Waals surface area contributed by atoms with Crippen LogP contribution in [-0.4, -0.2) is 10.1 Å². The van der Waals surface area contributed by atoms with Crippen LogP contribution in [0.1, 0.15) is 43.6 Å². The van der Waals surface area contributed by atoms with Crippen molar-refractivity contribution in [3.05, 3.63) is 38.1 Å². The Bertz CT molecular complexity index is 718. The maximum Gasteiger partial charge on any atom is 0.255 e. The van der Waals surface area contributed by atoms with Crippen molar-refractivity contribution in [2.45, 2.75) is 38.0 Å². The van der Waals surface area contributed by atoms with Crippen molar-refractivity contribution < 1.29 is 5.11 Å². The van der Waals surface area contributed by atoms with E-state index in [0.717, 1.165) is 25.7 Å². The van der Waals surface area contributed by atoms with Gasteiger partial charge in [0.25, 0.3) is 5.56 Å². The zero-order chi connectivity index (χ0) is 14.3. The number of rotatable bonds is 1. The van der Waals surface area contributed by atoms with Gasteiger partial charge in [-0.05, 0) is 30.9 Å². The maximum absolute atomic E-state index is 12.3. The first kappa shape index (κ1) is 13.8. The SMILES string of the molecule is O=c1[nH]c2c(Cl)ccc(Cl)c2c(O)c1C1CCCCC1. The molecule has 0 radical (unpaired) electrons. The highest BCUT2D eigenvalue weighted by Gasteiger charge is 2.24. The highest BCUT2D eigenvalue weighted by molar-refractivity contribution is 6.40. The third kappa shape index (κ3) is 2.19. The number of pyridine rings is 1. The molecule has 0 atom stereocenters. The van der Waals surface area contributed by atoms with Crippen molar-refractivity contribution in [3.63, 3.8) is 0 Å². The van der Waals surface area contributed by atoms with Crippen LogP contribution < -0.4 is 5.56 Å². The molecule has 0 unspecified atom stereocenters. The first-order valence-corrected chi connectivity index (χ1v) is 7.58. The van der Waals surface area contributed by atoms with Crippen LogP contribution in [0.4, 0.5) is 0 Å². The number of aromatic amines is 1. The third-order valence-corrected chi connectivity index (χ3v) is 4.72. The first-order valence-electron chi connectivity index (χ1n) is 6.82. The van der Waals surface area contributed by atoms with Crippen molar-refractivity contribution in [3.8, 4) is 5.75 Å². The number of aromatic nitrogens is 1. The molecule has 5 heteroatoms. The van der Waals surface area contributed by atoms with Crippen molar-refractivity contribution in [2.24, 2.45) is 0 Å². The Morgan fingerprint density at radius 2 is 1.75 bits per heavy atom. The Morgan fingerprint density at radius 3 is 2.45 bits per heavy atom. The molecule has 1 aromatic carbocycles. The number of H-pyrrole nitrogens is 1. The number of fused-ring (bicyclic) bond motifs is 1. The van der Waals surface area contributed by atoms with Crippen LogP contribution in [0.3, 0.4) is 0 Å². The fourth-order valence-corrected chi connectivity index (χ4v) is 3.55. The number of aromatic hydroxyl groups is 1. The summed E-state index contributed by atoms with van der Waals surface area (Å²) >= 11 is 12.2. The van der Waals surface area contributed by atoms with Crippen molar-refractivity contribution in [1.82, 2.24) is 4.98 Å². The molecule has 0 aliphatic heterocycles. The predicted octanol–water partition coefficient (Wildman–Crippen LogP) is 4.59. The van der Waals surface area contributed by atoms with E-state index in [0.29, 0.717) is 26.5 Å². The van der Waals surface area contributed by atoms with Gasteiger partial charge in [-0.15, -0.1) is 0 Å². The smallest absolute Gasteiger partial charge is 0.255 e. The molecule has 0 amide bonds. The van der Waals surface area contributed by atoms with Crippen LogP contribution in [0, 0.1) is 0 Å². The zero-order valence-electron chi connectivity index (χ0n) is 10.9. The third-order valence-electron chi connectivity index (χ3n) is 4.09. The normalized spacial score (nSPS) is 16.7. The predicted molar refractivity (Wildman–Crippen MR) is 82.1 cm³/mol. The van der Waals surface area contributed by atoms with Gasteiger partial charge in [0.05, 0.1) is 26.5 Å². The molecule has 1 aliphatic rings. The summed E-state index contributed by atoms with van der Waals surface area (Å²) in [5, 5.41) is 11.7. The minimum absolute atomic E-state index is 0.0110. The topological polar surface area (TPSA) is 53.1 Å². The number of hydrogen-bond donors (Lipinski definition) is 2. The Morgan fingerprint density at radius 1 is 1.10 bits per heavy atom. The van der Waals surface area contributed by atoms with E-state index in [1.165, 1.54) is 6.42 Å². The van der Waals surface area contributed by atoms with Crippen LogP contribution in [-0.2, 0) is 0 Å². The van der Waals surface area contributed by atoms with E-state index >= 15 is 0 Å². The lowest BCUT2D eigenvalue weighted by Crippen LogP contribution is -2.18. The van der Waals surface area contributed by atoms with E-state index in [1.54, 1.807) is 12.1 Å². The quantitative estimate of drug-likeness (QED) is 0.809. The molecule has 0 spiro atoms.